The monoisotopic (exact) mass is 154 g/mol. The second-order valence-electron chi connectivity index (χ2n) is 4.61. The van der Waals surface area contributed by atoms with E-state index < -0.39 is 0 Å². The van der Waals surface area contributed by atoms with Gasteiger partial charge in [0.1, 0.15) is 7.85 Å². The second-order valence-corrected chi connectivity index (χ2v) is 4.61. The average molecular weight is 154 g/mol. The van der Waals surface area contributed by atoms with E-state index in [1.165, 1.54) is 25.7 Å². The summed E-state index contributed by atoms with van der Waals surface area (Å²) in [6, 6.07) is 0. The highest BCUT2D eigenvalue weighted by atomic mass is 14.2. The van der Waals surface area contributed by atoms with E-state index in [0.717, 1.165) is 5.92 Å². The Bertz CT molecular complexity index is 91.5. The zero-order chi connectivity index (χ0) is 8.91. The van der Waals surface area contributed by atoms with Gasteiger partial charge in [0.05, 0.1) is 0 Å². The van der Waals surface area contributed by atoms with E-state index in [2.05, 4.69) is 35.5 Å². The van der Waals surface area contributed by atoms with Crippen molar-refractivity contribution in [1.82, 2.24) is 0 Å². The van der Waals surface area contributed by atoms with Gasteiger partial charge >= 0.3 is 0 Å². The molecule has 0 aliphatic carbocycles. The molecule has 1 atom stereocenters. The van der Waals surface area contributed by atoms with Crippen molar-refractivity contribution in [3.63, 3.8) is 0 Å². The van der Waals surface area contributed by atoms with Gasteiger partial charge in [-0.3, -0.25) is 0 Å². The van der Waals surface area contributed by atoms with Gasteiger partial charge in [-0.2, -0.15) is 0 Å². The van der Waals surface area contributed by atoms with Crippen LogP contribution in [0.1, 0.15) is 53.4 Å². The molecule has 0 saturated carbocycles. The van der Waals surface area contributed by atoms with Crippen molar-refractivity contribution in [3.8, 4) is 0 Å². The van der Waals surface area contributed by atoms with Gasteiger partial charge in [0, 0.05) is 0 Å². The molecule has 0 aliphatic heterocycles. The van der Waals surface area contributed by atoms with Crippen LogP contribution >= 0.6 is 0 Å². The van der Waals surface area contributed by atoms with Crippen molar-refractivity contribution < 1.29 is 0 Å². The van der Waals surface area contributed by atoms with E-state index in [4.69, 9.17) is 0 Å². The predicted octanol–water partition coefficient (Wildman–Crippen LogP) is 3.03. The van der Waals surface area contributed by atoms with Crippen molar-refractivity contribution in [2.45, 2.75) is 58.7 Å². The van der Waals surface area contributed by atoms with Crippen LogP contribution in [0.25, 0.3) is 0 Å². The average Bonchev–Trinajstić information content (AvgIpc) is 1.87. The maximum Gasteiger partial charge on any atom is 0.109 e. The maximum atomic E-state index is 2.36. The van der Waals surface area contributed by atoms with Crippen LogP contribution in [0.4, 0.5) is 0 Å². The first-order valence-corrected chi connectivity index (χ1v) is 5.02. The molecule has 0 spiro atoms. The first-order chi connectivity index (χ1) is 5.02. The summed E-state index contributed by atoms with van der Waals surface area (Å²) in [5, 5.41) is 0.518. The number of hydrogen-bond acceptors (Lipinski definition) is 0. The van der Waals surface area contributed by atoms with Crippen molar-refractivity contribution in [2.75, 3.05) is 0 Å². The molecule has 66 valence electrons. The SMILES string of the molecule is BC(C)(C)C(CC)CCCC. The quantitative estimate of drug-likeness (QED) is 0.534. The smallest absolute Gasteiger partial charge is 0.0669 e. The van der Waals surface area contributed by atoms with Crippen LogP contribution in [0.5, 0.6) is 0 Å². The predicted molar refractivity (Wildman–Crippen MR) is 55.9 cm³/mol. The van der Waals surface area contributed by atoms with Crippen molar-refractivity contribution in [1.29, 1.82) is 0 Å². The number of rotatable bonds is 5. The Morgan fingerprint density at radius 2 is 1.82 bits per heavy atom. The largest absolute Gasteiger partial charge is 0.109 e. The van der Waals surface area contributed by atoms with Crippen LogP contribution in [0, 0.1) is 5.92 Å². The summed E-state index contributed by atoms with van der Waals surface area (Å²) < 4.78 is 0. The third-order valence-corrected chi connectivity index (χ3v) is 2.62. The third kappa shape index (κ3) is 4.50. The lowest BCUT2D eigenvalue weighted by Crippen LogP contribution is -2.16. The summed E-state index contributed by atoms with van der Waals surface area (Å²) in [5.41, 5.74) is 0. The fourth-order valence-electron chi connectivity index (χ4n) is 1.70. The maximum absolute atomic E-state index is 2.36. The molecule has 0 nitrogen and oxygen atoms in total. The second kappa shape index (κ2) is 4.85. The summed E-state index contributed by atoms with van der Waals surface area (Å²) in [7, 11) is 2.36. The van der Waals surface area contributed by atoms with Gasteiger partial charge < -0.3 is 0 Å². The van der Waals surface area contributed by atoms with E-state index in [-0.39, 0.29) is 0 Å². The van der Waals surface area contributed by atoms with Gasteiger partial charge in [0.15, 0.2) is 0 Å². The van der Waals surface area contributed by atoms with Crippen LogP contribution in [0.3, 0.4) is 0 Å². The lowest BCUT2D eigenvalue weighted by atomic mass is 9.61. The molecule has 0 aromatic rings. The van der Waals surface area contributed by atoms with Gasteiger partial charge in [-0.15, -0.1) is 0 Å². The normalized spacial score (nSPS) is 14.9. The minimum absolute atomic E-state index is 0.518. The van der Waals surface area contributed by atoms with Crippen molar-refractivity contribution in [2.24, 2.45) is 5.92 Å². The lowest BCUT2D eigenvalue weighted by Gasteiger charge is -2.29. The fraction of sp³-hybridized carbons (Fsp3) is 1.00. The van der Waals surface area contributed by atoms with Crippen molar-refractivity contribution >= 4 is 7.85 Å². The lowest BCUT2D eigenvalue weighted by molar-refractivity contribution is 0.356. The summed E-state index contributed by atoms with van der Waals surface area (Å²) in [5.74, 6) is 0.919. The summed E-state index contributed by atoms with van der Waals surface area (Å²) in [6.45, 7) is 9.30. The van der Waals surface area contributed by atoms with E-state index in [0.29, 0.717) is 5.31 Å². The summed E-state index contributed by atoms with van der Waals surface area (Å²) >= 11 is 0. The first kappa shape index (κ1) is 11.1. The Morgan fingerprint density at radius 3 is 2.09 bits per heavy atom. The van der Waals surface area contributed by atoms with Crippen LogP contribution < -0.4 is 0 Å². The third-order valence-electron chi connectivity index (χ3n) is 2.62. The molecule has 0 saturated heterocycles. The van der Waals surface area contributed by atoms with Gasteiger partial charge in [-0.25, -0.2) is 0 Å². The Hall–Kier alpha value is 0.0649. The van der Waals surface area contributed by atoms with E-state index in [9.17, 15) is 0 Å². The van der Waals surface area contributed by atoms with E-state index in [1.807, 2.05) is 0 Å². The topological polar surface area (TPSA) is 0 Å². The number of hydrogen-bond donors (Lipinski definition) is 0. The Morgan fingerprint density at radius 1 is 1.27 bits per heavy atom. The van der Waals surface area contributed by atoms with E-state index in [1.54, 1.807) is 0 Å². The van der Waals surface area contributed by atoms with Gasteiger partial charge in [-0.1, -0.05) is 58.7 Å². The molecule has 1 unspecified atom stereocenters. The Kier molecular flexibility index (Phi) is 4.87. The molecule has 0 aromatic heterocycles. The zero-order valence-electron chi connectivity index (χ0n) is 8.91. The van der Waals surface area contributed by atoms with E-state index >= 15 is 0 Å². The van der Waals surface area contributed by atoms with Gasteiger partial charge in [0.25, 0.3) is 0 Å². The van der Waals surface area contributed by atoms with Crippen LogP contribution in [-0.2, 0) is 0 Å². The molecular formula is C10H23B. The van der Waals surface area contributed by atoms with Gasteiger partial charge in [-0.05, 0) is 5.92 Å². The minimum Gasteiger partial charge on any atom is -0.0669 e. The highest BCUT2D eigenvalue weighted by molar-refractivity contribution is 6.14. The molecular weight excluding hydrogens is 131 g/mol. The highest BCUT2D eigenvalue weighted by Gasteiger charge is 2.21. The van der Waals surface area contributed by atoms with Crippen LogP contribution in [-0.4, -0.2) is 7.85 Å². The molecule has 0 bridgehead atoms. The highest BCUT2D eigenvalue weighted by Crippen LogP contribution is 2.36. The minimum atomic E-state index is 0.518. The van der Waals surface area contributed by atoms with Crippen LogP contribution in [0.2, 0.25) is 5.31 Å². The summed E-state index contributed by atoms with van der Waals surface area (Å²) in [4.78, 5) is 0. The molecule has 0 rings (SSSR count). The molecule has 0 N–H and O–H groups in total. The zero-order valence-corrected chi connectivity index (χ0v) is 8.91. The molecule has 0 amide bonds. The number of unbranched alkanes of at least 4 members (excludes halogenated alkanes) is 1. The molecule has 1 heteroatoms. The molecule has 0 radical (unpaired) electrons. The Balaban J connectivity index is 3.76. The molecule has 0 fully saturated rings. The molecule has 0 aliphatic rings. The van der Waals surface area contributed by atoms with Gasteiger partial charge in [0.2, 0.25) is 0 Å². The summed E-state index contributed by atoms with van der Waals surface area (Å²) in [6.07, 6.45) is 5.49. The Labute approximate surface area is 73.2 Å². The first-order valence-electron chi connectivity index (χ1n) is 5.02. The molecule has 11 heavy (non-hydrogen) atoms. The molecule has 0 heterocycles. The fourth-order valence-corrected chi connectivity index (χ4v) is 1.70. The van der Waals surface area contributed by atoms with Crippen molar-refractivity contribution in [3.05, 3.63) is 0 Å². The van der Waals surface area contributed by atoms with Crippen LogP contribution in [0.15, 0.2) is 0 Å². The molecule has 0 aromatic carbocycles. The standard InChI is InChI=1S/C10H23B/c1-5-7-8-9(6-2)10(3,4)11/h9H,5-8,11H2,1-4H3.